The first-order valence-electron chi connectivity index (χ1n) is 14.1. The van der Waals surface area contributed by atoms with Crippen LogP contribution in [0.15, 0.2) is 78.9 Å². The minimum absolute atomic E-state index is 0.117. The van der Waals surface area contributed by atoms with Crippen molar-refractivity contribution in [3.63, 3.8) is 0 Å². The molecular weight excluding hydrogens is 507 g/mol. The minimum Gasteiger partial charge on any atom is -0.494 e. The number of likely N-dealkylation sites (N-methyl/N-ethyl adjacent to an activating group) is 1. The topological polar surface area (TPSA) is 64.6 Å². The second-order valence-electron chi connectivity index (χ2n) is 11.0. The average Bonchev–Trinajstić information content (AvgIpc) is 2.93. The summed E-state index contributed by atoms with van der Waals surface area (Å²) in [6, 6.07) is 22.3. The summed E-state index contributed by atoms with van der Waals surface area (Å²) in [4.78, 5) is 25.0. The summed E-state index contributed by atoms with van der Waals surface area (Å²) in [5, 5.41) is 3.15. The summed E-state index contributed by atoms with van der Waals surface area (Å²) in [5.41, 5.74) is 1.34. The third kappa shape index (κ3) is 10.8. The zero-order valence-corrected chi connectivity index (χ0v) is 23.9. The number of carbonyl (C=O) groups excluding carboxylic acids is 2. The SMILES string of the molecule is C[N+](C)(C)C(Cc1ccccc1)C(=O)NCCCCCCCCOc1ccc(OC(=O)c2cccc(F)c2)cc1. The predicted molar refractivity (Wildman–Crippen MR) is 156 cm³/mol. The monoisotopic (exact) mass is 549 g/mol. The Hall–Kier alpha value is -3.71. The van der Waals surface area contributed by atoms with Crippen LogP contribution in [0.5, 0.6) is 11.5 Å². The van der Waals surface area contributed by atoms with Crippen LogP contribution < -0.4 is 14.8 Å². The molecule has 0 fully saturated rings. The van der Waals surface area contributed by atoms with Crippen LogP contribution >= 0.6 is 0 Å². The van der Waals surface area contributed by atoms with Gasteiger partial charge in [0.15, 0.2) is 6.04 Å². The van der Waals surface area contributed by atoms with Crippen molar-refractivity contribution < 1.29 is 27.9 Å². The number of halogens is 1. The molecule has 0 saturated carbocycles. The van der Waals surface area contributed by atoms with E-state index >= 15 is 0 Å². The number of carbonyl (C=O) groups is 2. The number of hydrogen-bond donors (Lipinski definition) is 1. The van der Waals surface area contributed by atoms with Gasteiger partial charge in [0.2, 0.25) is 0 Å². The molecule has 214 valence electrons. The average molecular weight is 550 g/mol. The lowest BCUT2D eigenvalue weighted by Crippen LogP contribution is -2.55. The lowest BCUT2D eigenvalue weighted by Gasteiger charge is -2.33. The molecule has 0 spiro atoms. The standard InChI is InChI=1S/C33H41FN2O4/c1-36(2,3)31(24-26-14-9-8-10-15-26)32(37)35-22-11-6-4-5-7-12-23-39-29-18-20-30(21-19-29)40-33(38)27-16-13-17-28(34)25-27/h8-10,13-21,25,31H,4-7,11-12,22-24H2,1-3H3/p+1. The van der Waals surface area contributed by atoms with Crippen LogP contribution in [0.25, 0.3) is 0 Å². The van der Waals surface area contributed by atoms with Crippen molar-refractivity contribution in [3.05, 3.63) is 95.8 Å². The first-order chi connectivity index (χ1) is 19.2. The number of rotatable bonds is 16. The fourth-order valence-corrected chi connectivity index (χ4v) is 4.39. The number of quaternary nitrogens is 1. The Balaban J connectivity index is 1.23. The van der Waals surface area contributed by atoms with E-state index in [2.05, 4.69) is 38.6 Å². The molecule has 7 heteroatoms. The van der Waals surface area contributed by atoms with Gasteiger partial charge >= 0.3 is 5.97 Å². The highest BCUT2D eigenvalue weighted by atomic mass is 19.1. The Kier molecular flexibility index (Phi) is 12.2. The fraction of sp³-hybridized carbons (Fsp3) is 0.394. The number of ether oxygens (including phenoxy) is 2. The van der Waals surface area contributed by atoms with Gasteiger partial charge in [0.05, 0.1) is 33.3 Å². The van der Waals surface area contributed by atoms with Crippen molar-refractivity contribution in [1.82, 2.24) is 5.32 Å². The number of amides is 1. The summed E-state index contributed by atoms with van der Waals surface area (Å²) in [5.74, 6) is 0.117. The molecule has 3 rings (SSSR count). The Labute approximate surface area is 237 Å². The third-order valence-corrected chi connectivity index (χ3v) is 6.74. The van der Waals surface area contributed by atoms with Crippen molar-refractivity contribution in [1.29, 1.82) is 0 Å². The first-order valence-corrected chi connectivity index (χ1v) is 14.1. The summed E-state index contributed by atoms with van der Waals surface area (Å²) in [7, 11) is 6.21. The molecule has 1 atom stereocenters. The van der Waals surface area contributed by atoms with E-state index < -0.39 is 11.8 Å². The number of hydrogen-bond acceptors (Lipinski definition) is 4. The molecule has 6 nitrogen and oxygen atoms in total. The van der Waals surface area contributed by atoms with E-state index in [0.29, 0.717) is 29.1 Å². The number of benzene rings is 3. The summed E-state index contributed by atoms with van der Waals surface area (Å²) >= 11 is 0. The number of esters is 1. The van der Waals surface area contributed by atoms with Gasteiger partial charge in [-0.15, -0.1) is 0 Å². The highest BCUT2D eigenvalue weighted by Gasteiger charge is 2.31. The molecule has 3 aromatic carbocycles. The lowest BCUT2D eigenvalue weighted by molar-refractivity contribution is -0.886. The Morgan fingerprint density at radius 3 is 2.12 bits per heavy atom. The van der Waals surface area contributed by atoms with Crippen molar-refractivity contribution in [2.45, 2.75) is 51.0 Å². The number of nitrogens with one attached hydrogen (secondary N) is 1. The van der Waals surface area contributed by atoms with Gasteiger partial charge in [-0.3, -0.25) is 4.79 Å². The highest BCUT2D eigenvalue weighted by Crippen LogP contribution is 2.19. The van der Waals surface area contributed by atoms with Crippen LogP contribution in [0.4, 0.5) is 4.39 Å². The molecule has 3 aromatic rings. The van der Waals surface area contributed by atoms with Gasteiger partial charge < -0.3 is 19.3 Å². The van der Waals surface area contributed by atoms with Crippen LogP contribution in [0, 0.1) is 5.82 Å². The summed E-state index contributed by atoms with van der Waals surface area (Å²) < 4.78 is 25.0. The summed E-state index contributed by atoms with van der Waals surface area (Å²) in [6.07, 6.45) is 7.09. The van der Waals surface area contributed by atoms with Crippen molar-refractivity contribution in [3.8, 4) is 11.5 Å². The van der Waals surface area contributed by atoms with Crippen molar-refractivity contribution in [2.75, 3.05) is 34.3 Å². The Morgan fingerprint density at radius 2 is 1.45 bits per heavy atom. The second kappa shape index (κ2) is 15.8. The van der Waals surface area contributed by atoms with E-state index in [0.717, 1.165) is 51.0 Å². The molecule has 0 aliphatic rings. The lowest BCUT2D eigenvalue weighted by atomic mass is 10.0. The zero-order chi connectivity index (χ0) is 28.8. The van der Waals surface area contributed by atoms with Gasteiger partial charge in [-0.05, 0) is 60.9 Å². The molecule has 0 aliphatic heterocycles. The minimum atomic E-state index is -0.605. The molecule has 0 aliphatic carbocycles. The zero-order valence-electron chi connectivity index (χ0n) is 23.9. The quantitative estimate of drug-likeness (QED) is 0.100. The van der Waals surface area contributed by atoms with Gasteiger partial charge in [-0.25, -0.2) is 9.18 Å². The molecule has 0 aromatic heterocycles. The molecule has 1 N–H and O–H groups in total. The van der Waals surface area contributed by atoms with Crippen LogP contribution in [0.3, 0.4) is 0 Å². The molecule has 1 unspecified atom stereocenters. The van der Waals surface area contributed by atoms with Crippen molar-refractivity contribution >= 4 is 11.9 Å². The van der Waals surface area contributed by atoms with E-state index in [1.807, 2.05) is 18.2 Å². The molecule has 0 bridgehead atoms. The van der Waals surface area contributed by atoms with Gasteiger partial charge in [0, 0.05) is 13.0 Å². The molecule has 40 heavy (non-hydrogen) atoms. The predicted octanol–water partition coefficient (Wildman–Crippen LogP) is 6.20. The van der Waals surface area contributed by atoms with Gasteiger partial charge in [-0.1, -0.05) is 62.1 Å². The van der Waals surface area contributed by atoms with Crippen LogP contribution in [-0.4, -0.2) is 56.7 Å². The maximum atomic E-state index is 13.3. The fourth-order valence-electron chi connectivity index (χ4n) is 4.39. The van der Waals surface area contributed by atoms with Crippen LogP contribution in [0.2, 0.25) is 0 Å². The third-order valence-electron chi connectivity index (χ3n) is 6.74. The summed E-state index contributed by atoms with van der Waals surface area (Å²) in [6.45, 7) is 1.33. The molecule has 0 heterocycles. The number of nitrogens with zero attached hydrogens (tertiary/aromatic N) is 1. The van der Waals surface area contributed by atoms with Gasteiger partial charge in [0.25, 0.3) is 5.91 Å². The van der Waals surface area contributed by atoms with E-state index in [-0.39, 0.29) is 17.5 Å². The number of unbranched alkanes of at least 4 members (excludes halogenated alkanes) is 5. The maximum Gasteiger partial charge on any atom is 0.343 e. The largest absolute Gasteiger partial charge is 0.494 e. The maximum absolute atomic E-state index is 13.3. The molecule has 1 amide bonds. The van der Waals surface area contributed by atoms with E-state index in [9.17, 15) is 14.0 Å². The van der Waals surface area contributed by atoms with Crippen LogP contribution in [0.1, 0.15) is 54.4 Å². The Bertz CT molecular complexity index is 1190. The van der Waals surface area contributed by atoms with Crippen molar-refractivity contribution in [2.24, 2.45) is 0 Å². The molecule has 0 saturated heterocycles. The van der Waals surface area contributed by atoms with Gasteiger partial charge in [0.1, 0.15) is 17.3 Å². The van der Waals surface area contributed by atoms with Crippen LogP contribution in [-0.2, 0) is 11.2 Å². The Morgan fingerprint density at radius 1 is 0.800 bits per heavy atom. The smallest absolute Gasteiger partial charge is 0.343 e. The normalized spacial score (nSPS) is 12.0. The second-order valence-corrected chi connectivity index (χ2v) is 11.0. The first kappa shape index (κ1) is 30.8. The van der Waals surface area contributed by atoms with Gasteiger partial charge in [-0.2, -0.15) is 0 Å². The van der Waals surface area contributed by atoms with E-state index in [1.54, 1.807) is 24.3 Å². The highest BCUT2D eigenvalue weighted by molar-refractivity contribution is 5.91. The molecule has 0 radical (unpaired) electrons. The van der Waals surface area contributed by atoms with E-state index in [1.165, 1.54) is 23.8 Å². The van der Waals surface area contributed by atoms with E-state index in [4.69, 9.17) is 9.47 Å². The molecular formula is C33H42FN2O4+.